The molecule has 7 heteroatoms. The molecule has 3 nitrogen and oxygen atoms in total. The molecule has 0 bridgehead atoms. The highest BCUT2D eigenvalue weighted by Gasteiger charge is 2.37. The van der Waals surface area contributed by atoms with Crippen LogP contribution in [0.4, 0.5) is 17.6 Å². The van der Waals surface area contributed by atoms with Gasteiger partial charge < -0.3 is 10.0 Å². The molecule has 1 atom stereocenters. The Balaban J connectivity index is 2.21. The van der Waals surface area contributed by atoms with Crippen molar-refractivity contribution in [3.05, 3.63) is 35.1 Å². The van der Waals surface area contributed by atoms with Gasteiger partial charge in [-0.05, 0) is 43.9 Å². The first-order valence-electron chi connectivity index (χ1n) is 7.04. The molecule has 0 spiro atoms. The first-order valence-corrected chi connectivity index (χ1v) is 7.04. The number of rotatable bonds is 2. The van der Waals surface area contributed by atoms with Crippen molar-refractivity contribution in [3.8, 4) is 0 Å². The minimum absolute atomic E-state index is 0.0411. The second-order valence-electron chi connectivity index (χ2n) is 5.56. The Morgan fingerprint density at radius 2 is 1.91 bits per heavy atom. The third kappa shape index (κ3) is 3.58. The fourth-order valence-corrected chi connectivity index (χ4v) is 2.69. The molecule has 1 aromatic carbocycles. The third-order valence-corrected chi connectivity index (χ3v) is 4.03. The van der Waals surface area contributed by atoms with Gasteiger partial charge in [-0.2, -0.15) is 13.2 Å². The molecule has 122 valence electrons. The SMILES string of the molecule is CC(O)C1CCN(C(=O)c2ccc(F)cc2C(F)(F)F)CC1. The van der Waals surface area contributed by atoms with Gasteiger partial charge in [0.1, 0.15) is 5.82 Å². The van der Waals surface area contributed by atoms with E-state index in [1.807, 2.05) is 0 Å². The van der Waals surface area contributed by atoms with Gasteiger partial charge in [-0.1, -0.05) is 0 Å². The van der Waals surface area contributed by atoms with E-state index in [1.54, 1.807) is 6.92 Å². The molecule has 1 heterocycles. The number of hydrogen-bond acceptors (Lipinski definition) is 2. The predicted octanol–water partition coefficient (Wildman–Crippen LogP) is 3.08. The number of benzene rings is 1. The van der Waals surface area contributed by atoms with Gasteiger partial charge in [0.05, 0.1) is 17.2 Å². The van der Waals surface area contributed by atoms with Crippen LogP contribution in [0.15, 0.2) is 18.2 Å². The fraction of sp³-hybridized carbons (Fsp3) is 0.533. The minimum Gasteiger partial charge on any atom is -0.393 e. The van der Waals surface area contributed by atoms with Crippen LogP contribution in [0.1, 0.15) is 35.7 Å². The number of piperidine rings is 1. The Morgan fingerprint density at radius 3 is 2.41 bits per heavy atom. The molecular weight excluding hydrogens is 302 g/mol. The number of nitrogens with zero attached hydrogens (tertiary/aromatic N) is 1. The third-order valence-electron chi connectivity index (χ3n) is 4.03. The molecule has 1 unspecified atom stereocenters. The molecule has 0 aromatic heterocycles. The summed E-state index contributed by atoms with van der Waals surface area (Å²) < 4.78 is 51.9. The second kappa shape index (κ2) is 6.24. The fourth-order valence-electron chi connectivity index (χ4n) is 2.69. The Morgan fingerprint density at radius 1 is 1.32 bits per heavy atom. The Bertz CT molecular complexity index is 549. The van der Waals surface area contributed by atoms with E-state index in [0.717, 1.165) is 12.1 Å². The summed E-state index contributed by atoms with van der Waals surface area (Å²) in [6.07, 6.45) is -4.23. The van der Waals surface area contributed by atoms with Crippen molar-refractivity contribution in [2.75, 3.05) is 13.1 Å². The van der Waals surface area contributed by atoms with Crippen molar-refractivity contribution in [2.24, 2.45) is 5.92 Å². The summed E-state index contributed by atoms with van der Waals surface area (Å²) in [4.78, 5) is 13.6. The lowest BCUT2D eigenvalue weighted by Gasteiger charge is -2.33. The van der Waals surface area contributed by atoms with E-state index >= 15 is 0 Å². The van der Waals surface area contributed by atoms with Crippen molar-refractivity contribution in [3.63, 3.8) is 0 Å². The van der Waals surface area contributed by atoms with E-state index in [-0.39, 0.29) is 19.0 Å². The Labute approximate surface area is 125 Å². The molecular formula is C15H17F4NO2. The highest BCUT2D eigenvalue weighted by atomic mass is 19.4. The molecule has 1 aromatic rings. The molecule has 2 rings (SSSR count). The van der Waals surface area contributed by atoms with E-state index in [2.05, 4.69) is 0 Å². The highest BCUT2D eigenvalue weighted by molar-refractivity contribution is 5.96. The Hall–Kier alpha value is -1.63. The van der Waals surface area contributed by atoms with Crippen LogP contribution in [-0.4, -0.2) is 35.1 Å². The minimum atomic E-state index is -4.79. The number of aliphatic hydroxyl groups is 1. The van der Waals surface area contributed by atoms with Crippen molar-refractivity contribution < 1.29 is 27.5 Å². The molecule has 1 aliphatic rings. The summed E-state index contributed by atoms with van der Waals surface area (Å²) >= 11 is 0. The van der Waals surface area contributed by atoms with Gasteiger partial charge >= 0.3 is 6.18 Å². The van der Waals surface area contributed by atoms with E-state index in [9.17, 15) is 27.5 Å². The second-order valence-corrected chi connectivity index (χ2v) is 5.56. The van der Waals surface area contributed by atoms with Crippen molar-refractivity contribution in [1.29, 1.82) is 0 Å². The van der Waals surface area contributed by atoms with Gasteiger partial charge in [-0.25, -0.2) is 4.39 Å². The van der Waals surface area contributed by atoms with Crippen molar-refractivity contribution >= 4 is 5.91 Å². The van der Waals surface area contributed by atoms with Gasteiger partial charge in [0.25, 0.3) is 5.91 Å². The van der Waals surface area contributed by atoms with Crippen LogP contribution >= 0.6 is 0 Å². The lowest BCUT2D eigenvalue weighted by Crippen LogP contribution is -2.41. The maximum absolute atomic E-state index is 13.1. The molecule has 1 aliphatic heterocycles. The average molecular weight is 319 g/mol. The van der Waals surface area contributed by atoms with Crippen LogP contribution in [0.2, 0.25) is 0 Å². The van der Waals surface area contributed by atoms with Crippen LogP contribution < -0.4 is 0 Å². The number of amides is 1. The molecule has 1 saturated heterocycles. The molecule has 0 saturated carbocycles. The normalized spacial score (nSPS) is 18.4. The van der Waals surface area contributed by atoms with Crippen molar-refractivity contribution in [2.45, 2.75) is 32.0 Å². The average Bonchev–Trinajstić information content (AvgIpc) is 2.45. The molecule has 0 radical (unpaired) electrons. The predicted molar refractivity (Wildman–Crippen MR) is 71.7 cm³/mol. The maximum Gasteiger partial charge on any atom is 0.417 e. The molecule has 1 fully saturated rings. The topological polar surface area (TPSA) is 40.5 Å². The van der Waals surface area contributed by atoms with E-state index in [1.165, 1.54) is 4.90 Å². The van der Waals surface area contributed by atoms with Gasteiger partial charge in [-0.15, -0.1) is 0 Å². The number of halogens is 4. The van der Waals surface area contributed by atoms with E-state index in [4.69, 9.17) is 0 Å². The highest BCUT2D eigenvalue weighted by Crippen LogP contribution is 2.33. The Kier molecular flexibility index (Phi) is 4.75. The number of aliphatic hydroxyl groups excluding tert-OH is 1. The van der Waals surface area contributed by atoms with Gasteiger partial charge in [0, 0.05) is 13.1 Å². The summed E-state index contributed by atoms with van der Waals surface area (Å²) in [6.45, 7) is 2.22. The van der Waals surface area contributed by atoms with Crippen LogP contribution in [0.3, 0.4) is 0 Å². The van der Waals surface area contributed by atoms with Crippen molar-refractivity contribution in [1.82, 2.24) is 4.90 Å². The van der Waals surface area contributed by atoms with Gasteiger partial charge in [0.2, 0.25) is 0 Å². The summed E-state index contributed by atoms with van der Waals surface area (Å²) in [5.74, 6) is -1.74. The zero-order valence-corrected chi connectivity index (χ0v) is 12.0. The van der Waals surface area contributed by atoms with Crippen LogP contribution in [-0.2, 0) is 6.18 Å². The first-order chi connectivity index (χ1) is 10.2. The molecule has 1 N–H and O–H groups in total. The number of alkyl halides is 3. The zero-order chi connectivity index (χ0) is 16.5. The van der Waals surface area contributed by atoms with Crippen LogP contribution in [0, 0.1) is 11.7 Å². The maximum atomic E-state index is 13.1. The standard InChI is InChI=1S/C15H17F4NO2/c1-9(21)10-4-6-20(7-5-10)14(22)12-3-2-11(16)8-13(12)15(17,18)19/h2-3,8-10,21H,4-7H2,1H3. The summed E-state index contributed by atoms with van der Waals surface area (Å²) in [7, 11) is 0. The number of likely N-dealkylation sites (tertiary alicyclic amines) is 1. The monoisotopic (exact) mass is 319 g/mol. The largest absolute Gasteiger partial charge is 0.417 e. The first kappa shape index (κ1) is 16.7. The lowest BCUT2D eigenvalue weighted by molar-refractivity contribution is -0.138. The lowest BCUT2D eigenvalue weighted by atomic mass is 9.91. The molecule has 1 amide bonds. The summed E-state index contributed by atoms with van der Waals surface area (Å²) in [6, 6.07) is 2.07. The summed E-state index contributed by atoms with van der Waals surface area (Å²) in [5, 5.41) is 9.51. The zero-order valence-electron chi connectivity index (χ0n) is 12.0. The van der Waals surface area contributed by atoms with Crippen LogP contribution in [0.25, 0.3) is 0 Å². The van der Waals surface area contributed by atoms with Gasteiger partial charge in [-0.3, -0.25) is 4.79 Å². The van der Waals surface area contributed by atoms with E-state index < -0.39 is 35.1 Å². The van der Waals surface area contributed by atoms with Crippen LogP contribution in [0.5, 0.6) is 0 Å². The smallest absolute Gasteiger partial charge is 0.393 e. The number of hydrogen-bond donors (Lipinski definition) is 1. The van der Waals surface area contributed by atoms with E-state index in [0.29, 0.717) is 18.9 Å². The summed E-state index contributed by atoms with van der Waals surface area (Å²) in [5.41, 5.74) is -1.79. The number of carbonyl (C=O) groups is 1. The number of carbonyl (C=O) groups excluding carboxylic acids is 1. The molecule has 0 aliphatic carbocycles. The quantitative estimate of drug-likeness (QED) is 0.851. The molecule has 22 heavy (non-hydrogen) atoms. The van der Waals surface area contributed by atoms with Gasteiger partial charge in [0.15, 0.2) is 0 Å².